The van der Waals surface area contributed by atoms with Crippen LogP contribution in [0.25, 0.3) is 10.8 Å². The lowest BCUT2D eigenvalue weighted by Gasteiger charge is -2.23. The van der Waals surface area contributed by atoms with Crippen molar-refractivity contribution in [2.24, 2.45) is 0 Å². The van der Waals surface area contributed by atoms with Crippen molar-refractivity contribution in [1.29, 1.82) is 0 Å². The molecule has 0 aromatic heterocycles. The van der Waals surface area contributed by atoms with Gasteiger partial charge in [-0.15, -0.1) is 11.8 Å². The summed E-state index contributed by atoms with van der Waals surface area (Å²) in [7, 11) is -2.35. The molecule has 0 unspecified atom stereocenters. The summed E-state index contributed by atoms with van der Waals surface area (Å²) in [5.41, 5.74) is 1.15. The Hall–Kier alpha value is -3.04. The van der Waals surface area contributed by atoms with E-state index >= 15 is 0 Å². The van der Waals surface area contributed by atoms with Gasteiger partial charge in [0.15, 0.2) is 0 Å². The molecule has 0 bridgehead atoms. The van der Waals surface area contributed by atoms with E-state index in [0.29, 0.717) is 16.8 Å². The molecule has 1 aliphatic heterocycles. The molecule has 31 heavy (non-hydrogen) atoms. The molecule has 1 heterocycles. The summed E-state index contributed by atoms with van der Waals surface area (Å²) in [4.78, 5) is 27.6. The van der Waals surface area contributed by atoms with E-state index in [2.05, 4.69) is 5.32 Å². The molecule has 1 N–H and O–H groups in total. The number of amides is 2. The molecule has 0 atom stereocenters. The number of hydrogen-bond donors (Lipinski definition) is 1. The van der Waals surface area contributed by atoms with Crippen LogP contribution in [0, 0.1) is 0 Å². The minimum Gasteiger partial charge on any atom is -0.335 e. The molecular weight excluding hydrogens is 434 g/mol. The maximum atomic E-state index is 13.0. The molecule has 0 saturated heterocycles. The molecular formula is C22H21N3O4S2. The Morgan fingerprint density at radius 2 is 1.74 bits per heavy atom. The first-order chi connectivity index (χ1) is 14.8. The quantitative estimate of drug-likeness (QED) is 0.577. The molecule has 2 amide bonds. The zero-order valence-corrected chi connectivity index (χ0v) is 18.7. The lowest BCUT2D eigenvalue weighted by Crippen LogP contribution is -2.42. The highest BCUT2D eigenvalue weighted by Crippen LogP contribution is 2.41. The summed E-state index contributed by atoms with van der Waals surface area (Å²) in [6.07, 6.45) is 1.91. The lowest BCUT2D eigenvalue weighted by atomic mass is 10.1. The number of carbonyl (C=O) groups is 2. The molecule has 0 aliphatic carbocycles. The highest BCUT2D eigenvalue weighted by atomic mass is 32.2. The number of anilines is 2. The normalized spacial score (nSPS) is 13.9. The third-order valence-corrected chi connectivity index (χ3v) is 7.75. The van der Waals surface area contributed by atoms with Gasteiger partial charge in [-0.25, -0.2) is 8.42 Å². The molecule has 0 saturated carbocycles. The second-order valence-corrected chi connectivity index (χ2v) is 9.82. The summed E-state index contributed by atoms with van der Waals surface area (Å²) < 4.78 is 27.2. The van der Waals surface area contributed by atoms with Crippen LogP contribution in [-0.2, 0) is 19.6 Å². The maximum absolute atomic E-state index is 13.0. The lowest BCUT2D eigenvalue weighted by molar-refractivity contribution is -0.131. The summed E-state index contributed by atoms with van der Waals surface area (Å²) in [5.74, 6) is -0.825. The van der Waals surface area contributed by atoms with Crippen molar-refractivity contribution in [3.05, 3.63) is 60.7 Å². The number of likely N-dealkylation sites (N-methyl/N-ethyl adjacent to an activating group) is 1. The molecule has 0 radical (unpaired) electrons. The van der Waals surface area contributed by atoms with Crippen LogP contribution in [0.2, 0.25) is 0 Å². The van der Waals surface area contributed by atoms with Crippen molar-refractivity contribution in [2.45, 2.75) is 9.79 Å². The van der Waals surface area contributed by atoms with E-state index in [9.17, 15) is 18.0 Å². The fourth-order valence-corrected chi connectivity index (χ4v) is 5.83. The van der Waals surface area contributed by atoms with Gasteiger partial charge in [0.25, 0.3) is 10.0 Å². The zero-order valence-electron chi connectivity index (χ0n) is 17.0. The SMILES string of the molecule is CSc1ccccc1NC(=O)CN(C)C(=O)CN1c2cccc3cccc(c23)S1(=O)=O. The predicted molar refractivity (Wildman–Crippen MR) is 123 cm³/mol. The third kappa shape index (κ3) is 3.86. The van der Waals surface area contributed by atoms with Crippen LogP contribution in [0.1, 0.15) is 0 Å². The number of carbonyl (C=O) groups excluding carboxylic acids is 2. The number of thioether (sulfide) groups is 1. The van der Waals surface area contributed by atoms with Crippen molar-refractivity contribution in [1.82, 2.24) is 4.90 Å². The van der Waals surface area contributed by atoms with E-state index in [1.165, 1.54) is 23.7 Å². The van der Waals surface area contributed by atoms with Crippen LogP contribution in [0.5, 0.6) is 0 Å². The molecule has 0 spiro atoms. The van der Waals surface area contributed by atoms with Gasteiger partial charge in [0, 0.05) is 17.3 Å². The number of para-hydroxylation sites is 1. The van der Waals surface area contributed by atoms with Gasteiger partial charge in [-0.05, 0) is 35.9 Å². The van der Waals surface area contributed by atoms with Crippen LogP contribution in [0.15, 0.2) is 70.5 Å². The van der Waals surface area contributed by atoms with Gasteiger partial charge in [-0.1, -0.05) is 36.4 Å². The Bertz CT molecular complexity index is 1290. The average Bonchev–Trinajstić information content (AvgIpc) is 2.97. The summed E-state index contributed by atoms with van der Waals surface area (Å²) in [6, 6.07) is 17.8. The first-order valence-electron chi connectivity index (χ1n) is 9.54. The Morgan fingerprint density at radius 1 is 1.03 bits per heavy atom. The van der Waals surface area contributed by atoms with Crippen molar-refractivity contribution in [3.63, 3.8) is 0 Å². The van der Waals surface area contributed by atoms with E-state index in [4.69, 9.17) is 0 Å². The van der Waals surface area contributed by atoms with Gasteiger partial charge < -0.3 is 10.2 Å². The number of hydrogen-bond acceptors (Lipinski definition) is 5. The monoisotopic (exact) mass is 455 g/mol. The Morgan fingerprint density at radius 3 is 2.48 bits per heavy atom. The van der Waals surface area contributed by atoms with Crippen molar-refractivity contribution in [2.75, 3.05) is 36.0 Å². The first-order valence-corrected chi connectivity index (χ1v) is 12.2. The Kier molecular flexibility index (Phi) is 5.63. The fraction of sp³-hybridized carbons (Fsp3) is 0.182. The number of nitrogens with zero attached hydrogens (tertiary/aromatic N) is 2. The van der Waals surface area contributed by atoms with Crippen molar-refractivity contribution in [3.8, 4) is 0 Å². The van der Waals surface area contributed by atoms with E-state index in [1.54, 1.807) is 30.3 Å². The van der Waals surface area contributed by atoms with E-state index < -0.39 is 15.9 Å². The highest BCUT2D eigenvalue weighted by Gasteiger charge is 2.37. The van der Waals surface area contributed by atoms with Gasteiger partial charge in [-0.3, -0.25) is 13.9 Å². The molecule has 3 aromatic carbocycles. The number of rotatable bonds is 6. The van der Waals surface area contributed by atoms with Crippen LogP contribution in [-0.4, -0.2) is 51.5 Å². The second-order valence-electron chi connectivity index (χ2n) is 7.14. The van der Waals surface area contributed by atoms with Crippen LogP contribution in [0.4, 0.5) is 11.4 Å². The number of sulfonamides is 1. The topological polar surface area (TPSA) is 86.8 Å². The van der Waals surface area contributed by atoms with E-state index in [0.717, 1.165) is 14.6 Å². The largest absolute Gasteiger partial charge is 0.335 e. The molecule has 3 aromatic rings. The van der Waals surface area contributed by atoms with Gasteiger partial charge in [-0.2, -0.15) is 0 Å². The van der Waals surface area contributed by atoms with Crippen molar-refractivity contribution < 1.29 is 18.0 Å². The van der Waals surface area contributed by atoms with Gasteiger partial charge in [0.2, 0.25) is 11.8 Å². The molecule has 9 heteroatoms. The van der Waals surface area contributed by atoms with Crippen LogP contribution >= 0.6 is 11.8 Å². The predicted octanol–water partition coefficient (Wildman–Crippen LogP) is 3.17. The number of benzene rings is 3. The molecule has 0 fully saturated rings. The Labute approximate surface area is 185 Å². The summed E-state index contributed by atoms with van der Waals surface area (Å²) in [5, 5.41) is 4.22. The molecule has 1 aliphatic rings. The molecule has 4 rings (SSSR count). The highest BCUT2D eigenvalue weighted by molar-refractivity contribution is 7.98. The average molecular weight is 456 g/mol. The van der Waals surface area contributed by atoms with Crippen LogP contribution < -0.4 is 9.62 Å². The minimum absolute atomic E-state index is 0.188. The van der Waals surface area contributed by atoms with Gasteiger partial charge in [0.05, 0.1) is 22.8 Å². The smallest absolute Gasteiger partial charge is 0.265 e. The third-order valence-electron chi connectivity index (χ3n) is 5.15. The zero-order chi connectivity index (χ0) is 22.2. The second kappa shape index (κ2) is 8.24. The fourth-order valence-electron chi connectivity index (χ4n) is 3.61. The molecule has 7 nitrogen and oxygen atoms in total. The standard InChI is InChI=1S/C22H21N3O4S2/c1-24(13-20(26)23-16-9-3-4-11-18(16)30-2)21(27)14-25-17-10-5-7-15-8-6-12-19(22(15)17)31(25,28)29/h3-12H,13-14H2,1-2H3,(H,23,26). The summed E-state index contributed by atoms with van der Waals surface area (Å²) >= 11 is 1.51. The van der Waals surface area contributed by atoms with E-state index in [1.807, 2.05) is 36.6 Å². The Balaban J connectivity index is 1.48. The van der Waals surface area contributed by atoms with Gasteiger partial charge in [0.1, 0.15) is 6.54 Å². The van der Waals surface area contributed by atoms with Gasteiger partial charge >= 0.3 is 0 Å². The minimum atomic E-state index is -3.83. The maximum Gasteiger partial charge on any atom is 0.265 e. The molecule has 160 valence electrons. The van der Waals surface area contributed by atoms with Crippen LogP contribution in [0.3, 0.4) is 0 Å². The van der Waals surface area contributed by atoms with E-state index in [-0.39, 0.29) is 23.9 Å². The number of nitrogens with one attached hydrogen (secondary N) is 1. The van der Waals surface area contributed by atoms with Crippen molar-refractivity contribution >= 4 is 55.7 Å². The first kappa shape index (κ1) is 21.2. The summed E-state index contributed by atoms with van der Waals surface area (Å²) in [6.45, 7) is -0.562.